The zero-order valence-corrected chi connectivity index (χ0v) is 17.1. The molecule has 5 nitrogen and oxygen atoms in total. The van der Waals surface area contributed by atoms with Crippen molar-refractivity contribution in [2.75, 3.05) is 26.2 Å². The zero-order valence-electron chi connectivity index (χ0n) is 16.4. The minimum atomic E-state index is -0.328. The normalized spacial score (nSPS) is 18.9. The second kappa shape index (κ2) is 8.26. The van der Waals surface area contributed by atoms with Crippen LogP contribution in [0, 0.1) is 5.92 Å². The number of hydrogen-bond donors (Lipinski definition) is 0. The molecule has 0 N–H and O–H groups in total. The molecule has 0 bridgehead atoms. The minimum Gasteiger partial charge on any atom is -0.423 e. The van der Waals surface area contributed by atoms with Gasteiger partial charge in [0.25, 0.3) is 0 Å². The molecule has 3 heterocycles. The third-order valence-corrected chi connectivity index (χ3v) is 6.48. The van der Waals surface area contributed by atoms with Crippen LogP contribution in [0.2, 0.25) is 5.02 Å². The molecule has 28 heavy (non-hydrogen) atoms. The van der Waals surface area contributed by atoms with E-state index in [1.165, 1.54) is 0 Å². The van der Waals surface area contributed by atoms with Gasteiger partial charge in [-0.3, -0.25) is 9.69 Å². The van der Waals surface area contributed by atoms with Crippen LogP contribution in [0.1, 0.15) is 43.7 Å². The van der Waals surface area contributed by atoms with Gasteiger partial charge < -0.3 is 9.32 Å². The average Bonchev–Trinajstić information content (AvgIpc) is 3.23. The molecule has 4 rings (SSSR count). The number of rotatable bonds is 4. The highest BCUT2D eigenvalue weighted by Crippen LogP contribution is 2.28. The largest absolute Gasteiger partial charge is 0.423 e. The van der Waals surface area contributed by atoms with Crippen LogP contribution in [-0.2, 0) is 17.8 Å². The van der Waals surface area contributed by atoms with E-state index in [-0.39, 0.29) is 11.5 Å². The Hall–Kier alpha value is -1.85. The number of benzene rings is 1. The van der Waals surface area contributed by atoms with E-state index >= 15 is 0 Å². The minimum absolute atomic E-state index is 0.147. The molecule has 0 saturated carbocycles. The van der Waals surface area contributed by atoms with Crippen LogP contribution >= 0.6 is 11.6 Å². The highest BCUT2D eigenvalue weighted by molar-refractivity contribution is 6.32. The van der Waals surface area contributed by atoms with Crippen LogP contribution in [0.15, 0.2) is 27.4 Å². The maximum Gasteiger partial charge on any atom is 0.336 e. The summed E-state index contributed by atoms with van der Waals surface area (Å²) in [5.41, 5.74) is 2.20. The number of piperidine rings is 1. The standard InChI is InChI=1S/C22H27ClN2O3/c1-2-15-11-20-18(13-19(15)23)17(12-21(26)28-20)14-24-9-5-16(6-10-24)22(27)25-7-3-4-8-25/h11-13,16H,2-10,14H2,1H3. The molecular formula is C22H27ClN2O3. The summed E-state index contributed by atoms with van der Waals surface area (Å²) >= 11 is 6.40. The first-order chi connectivity index (χ1) is 13.5. The number of fused-ring (bicyclic) bond motifs is 1. The lowest BCUT2D eigenvalue weighted by Gasteiger charge is -2.33. The Morgan fingerprint density at radius 1 is 1.11 bits per heavy atom. The van der Waals surface area contributed by atoms with E-state index < -0.39 is 0 Å². The van der Waals surface area contributed by atoms with Crippen molar-refractivity contribution in [2.24, 2.45) is 5.92 Å². The van der Waals surface area contributed by atoms with Gasteiger partial charge in [-0.05, 0) is 68.5 Å². The molecule has 2 fully saturated rings. The Morgan fingerprint density at radius 3 is 2.50 bits per heavy atom. The monoisotopic (exact) mass is 402 g/mol. The fourth-order valence-electron chi connectivity index (χ4n) is 4.47. The number of carbonyl (C=O) groups excluding carboxylic acids is 1. The number of likely N-dealkylation sites (tertiary alicyclic amines) is 2. The van der Waals surface area contributed by atoms with Gasteiger partial charge in [0.15, 0.2) is 0 Å². The van der Waals surface area contributed by atoms with Crippen LogP contribution in [0.3, 0.4) is 0 Å². The topological polar surface area (TPSA) is 53.8 Å². The Bertz CT molecular complexity index is 925. The third kappa shape index (κ3) is 3.96. The summed E-state index contributed by atoms with van der Waals surface area (Å²) in [5.74, 6) is 0.482. The van der Waals surface area contributed by atoms with Gasteiger partial charge in [0.05, 0.1) is 0 Å². The number of carbonyl (C=O) groups is 1. The predicted molar refractivity (Wildman–Crippen MR) is 111 cm³/mol. The van der Waals surface area contributed by atoms with Crippen LogP contribution in [0.4, 0.5) is 0 Å². The summed E-state index contributed by atoms with van der Waals surface area (Å²) in [6.07, 6.45) is 4.83. The molecule has 1 aromatic heterocycles. The Morgan fingerprint density at radius 2 is 1.82 bits per heavy atom. The summed E-state index contributed by atoms with van der Waals surface area (Å²) < 4.78 is 5.41. The van der Waals surface area contributed by atoms with E-state index in [0.717, 1.165) is 74.8 Å². The number of nitrogens with zero attached hydrogens (tertiary/aromatic N) is 2. The number of hydrogen-bond acceptors (Lipinski definition) is 4. The van der Waals surface area contributed by atoms with E-state index in [0.29, 0.717) is 23.1 Å². The second-order valence-electron chi connectivity index (χ2n) is 7.97. The Balaban J connectivity index is 1.47. The van der Waals surface area contributed by atoms with E-state index in [4.69, 9.17) is 16.0 Å². The van der Waals surface area contributed by atoms with Crippen molar-refractivity contribution in [1.82, 2.24) is 9.80 Å². The fraction of sp³-hybridized carbons (Fsp3) is 0.545. The van der Waals surface area contributed by atoms with E-state index in [1.807, 2.05) is 24.0 Å². The SMILES string of the molecule is CCc1cc2oc(=O)cc(CN3CCC(C(=O)N4CCCC4)CC3)c2cc1Cl. The highest BCUT2D eigenvalue weighted by atomic mass is 35.5. The molecule has 0 spiro atoms. The molecule has 1 aromatic carbocycles. The molecule has 150 valence electrons. The Labute approximate surface area is 170 Å². The maximum absolute atomic E-state index is 12.6. The van der Waals surface area contributed by atoms with Crippen molar-refractivity contribution in [2.45, 2.75) is 45.6 Å². The first-order valence-electron chi connectivity index (χ1n) is 10.3. The van der Waals surface area contributed by atoms with Crippen molar-refractivity contribution in [3.05, 3.63) is 44.8 Å². The molecule has 0 radical (unpaired) electrons. The van der Waals surface area contributed by atoms with Crippen LogP contribution < -0.4 is 5.63 Å². The summed E-state index contributed by atoms with van der Waals surface area (Å²) in [4.78, 5) is 29.0. The van der Waals surface area contributed by atoms with Gasteiger partial charge in [0.2, 0.25) is 5.91 Å². The van der Waals surface area contributed by atoms with Crippen LogP contribution in [0.5, 0.6) is 0 Å². The third-order valence-electron chi connectivity index (χ3n) is 6.13. The fourth-order valence-corrected chi connectivity index (χ4v) is 4.76. The van der Waals surface area contributed by atoms with Crippen molar-refractivity contribution >= 4 is 28.5 Å². The summed E-state index contributed by atoms with van der Waals surface area (Å²) in [5, 5.41) is 1.61. The molecule has 0 unspecified atom stereocenters. The van der Waals surface area contributed by atoms with Gasteiger partial charge in [-0.1, -0.05) is 18.5 Å². The quantitative estimate of drug-likeness (QED) is 0.729. The first-order valence-corrected chi connectivity index (χ1v) is 10.7. The smallest absolute Gasteiger partial charge is 0.336 e. The van der Waals surface area contributed by atoms with E-state index in [9.17, 15) is 9.59 Å². The van der Waals surface area contributed by atoms with Gasteiger partial charge in [-0.15, -0.1) is 0 Å². The van der Waals surface area contributed by atoms with Gasteiger partial charge in [0.1, 0.15) is 5.58 Å². The summed E-state index contributed by atoms with van der Waals surface area (Å²) in [7, 11) is 0. The highest BCUT2D eigenvalue weighted by Gasteiger charge is 2.30. The Kier molecular flexibility index (Phi) is 5.74. The molecule has 1 amide bonds. The van der Waals surface area contributed by atoms with Crippen molar-refractivity contribution in [3.63, 3.8) is 0 Å². The molecular weight excluding hydrogens is 376 g/mol. The number of aryl methyl sites for hydroxylation is 1. The van der Waals surface area contributed by atoms with Gasteiger partial charge in [-0.25, -0.2) is 4.79 Å². The zero-order chi connectivity index (χ0) is 19.7. The summed E-state index contributed by atoms with van der Waals surface area (Å²) in [6.45, 7) is 6.28. The second-order valence-corrected chi connectivity index (χ2v) is 8.37. The molecule has 0 atom stereocenters. The summed E-state index contributed by atoms with van der Waals surface area (Å²) in [6, 6.07) is 5.37. The van der Waals surface area contributed by atoms with E-state index in [2.05, 4.69) is 4.90 Å². The van der Waals surface area contributed by atoms with Crippen LogP contribution in [-0.4, -0.2) is 41.9 Å². The van der Waals surface area contributed by atoms with Crippen molar-refractivity contribution in [1.29, 1.82) is 0 Å². The lowest BCUT2D eigenvalue weighted by atomic mass is 9.94. The molecule has 0 aliphatic carbocycles. The predicted octanol–water partition coefficient (Wildman–Crippen LogP) is 3.84. The maximum atomic E-state index is 12.6. The molecule has 6 heteroatoms. The van der Waals surface area contributed by atoms with Crippen molar-refractivity contribution < 1.29 is 9.21 Å². The lowest BCUT2D eigenvalue weighted by molar-refractivity contribution is -0.136. The van der Waals surface area contributed by atoms with Gasteiger partial charge in [-0.2, -0.15) is 0 Å². The van der Waals surface area contributed by atoms with E-state index in [1.54, 1.807) is 6.07 Å². The molecule has 2 saturated heterocycles. The lowest BCUT2D eigenvalue weighted by Crippen LogP contribution is -2.41. The number of amides is 1. The van der Waals surface area contributed by atoms with Crippen molar-refractivity contribution in [3.8, 4) is 0 Å². The van der Waals surface area contributed by atoms with Crippen LogP contribution in [0.25, 0.3) is 11.0 Å². The van der Waals surface area contributed by atoms with Gasteiger partial charge >= 0.3 is 5.63 Å². The molecule has 2 aromatic rings. The number of halogens is 1. The first kappa shape index (κ1) is 19.5. The molecule has 2 aliphatic heterocycles. The molecule has 2 aliphatic rings. The van der Waals surface area contributed by atoms with Gasteiger partial charge in [0, 0.05) is 42.0 Å². The average molecular weight is 403 g/mol.